The minimum atomic E-state index is -4.43. The van der Waals surface area contributed by atoms with Crippen molar-refractivity contribution in [3.63, 3.8) is 0 Å². The predicted molar refractivity (Wildman–Crippen MR) is 80.4 cm³/mol. The molecule has 1 aromatic carbocycles. The molecule has 132 valence electrons. The van der Waals surface area contributed by atoms with Gasteiger partial charge >= 0.3 is 12.2 Å². The van der Waals surface area contributed by atoms with E-state index in [-0.39, 0.29) is 30.7 Å². The van der Waals surface area contributed by atoms with Crippen LogP contribution < -0.4 is 10.1 Å². The first-order valence-electron chi connectivity index (χ1n) is 7.62. The van der Waals surface area contributed by atoms with Gasteiger partial charge in [-0.25, -0.2) is 4.79 Å². The molecule has 1 aliphatic rings. The number of hydrogen-bond donors (Lipinski definition) is 1. The monoisotopic (exact) mass is 344 g/mol. The zero-order valence-electron chi connectivity index (χ0n) is 13.4. The lowest BCUT2D eigenvalue weighted by Gasteiger charge is -2.15. The number of hydrogen-bond acceptors (Lipinski definition) is 3. The maximum absolute atomic E-state index is 12.6. The molecular formula is C16H19F3N2O3. The topological polar surface area (TPSA) is 58.6 Å². The van der Waals surface area contributed by atoms with Gasteiger partial charge in [0.2, 0.25) is 0 Å². The summed E-state index contributed by atoms with van der Waals surface area (Å²) < 4.78 is 43.1. The Morgan fingerprint density at radius 1 is 1.29 bits per heavy atom. The second-order valence-corrected chi connectivity index (χ2v) is 5.89. The molecule has 3 amide bonds. The molecule has 1 saturated heterocycles. The first-order valence-corrected chi connectivity index (χ1v) is 7.62. The van der Waals surface area contributed by atoms with Crippen LogP contribution in [0.3, 0.4) is 0 Å². The summed E-state index contributed by atoms with van der Waals surface area (Å²) in [6.45, 7) is 3.93. The molecule has 1 fully saturated rings. The third kappa shape index (κ3) is 4.18. The van der Waals surface area contributed by atoms with Crippen molar-refractivity contribution in [1.82, 2.24) is 10.2 Å². The highest BCUT2D eigenvalue weighted by Crippen LogP contribution is 2.31. The molecule has 1 unspecified atom stereocenters. The van der Waals surface area contributed by atoms with Crippen LogP contribution in [0.15, 0.2) is 24.3 Å². The van der Waals surface area contributed by atoms with Crippen molar-refractivity contribution in [2.45, 2.75) is 32.5 Å². The molecule has 0 bridgehead atoms. The Morgan fingerprint density at radius 2 is 2.00 bits per heavy atom. The number of alkyl halides is 3. The van der Waals surface area contributed by atoms with Crippen LogP contribution in [0.5, 0.6) is 5.75 Å². The molecule has 1 aliphatic heterocycles. The Morgan fingerprint density at radius 3 is 2.58 bits per heavy atom. The lowest BCUT2D eigenvalue weighted by Crippen LogP contribution is -2.35. The molecule has 0 aliphatic carbocycles. The van der Waals surface area contributed by atoms with Crippen LogP contribution in [-0.2, 0) is 11.0 Å². The number of benzene rings is 1. The number of carbonyl (C=O) groups excluding carboxylic acids is 2. The summed E-state index contributed by atoms with van der Waals surface area (Å²) in [5, 5.41) is 2.61. The summed E-state index contributed by atoms with van der Waals surface area (Å²) in [4.78, 5) is 24.9. The van der Waals surface area contributed by atoms with Gasteiger partial charge in [0.05, 0.1) is 12.2 Å². The van der Waals surface area contributed by atoms with E-state index in [0.717, 1.165) is 17.0 Å². The minimum absolute atomic E-state index is 0.00666. The smallest absolute Gasteiger partial charge is 0.416 e. The van der Waals surface area contributed by atoms with Gasteiger partial charge in [0.15, 0.2) is 0 Å². The van der Waals surface area contributed by atoms with E-state index in [1.807, 2.05) is 13.8 Å². The zero-order valence-corrected chi connectivity index (χ0v) is 13.4. The van der Waals surface area contributed by atoms with E-state index in [0.29, 0.717) is 6.42 Å². The largest absolute Gasteiger partial charge is 0.494 e. The Bertz CT molecular complexity index is 617. The van der Waals surface area contributed by atoms with Gasteiger partial charge in [0, 0.05) is 6.54 Å². The maximum atomic E-state index is 12.6. The predicted octanol–water partition coefficient (Wildman–Crippen LogP) is 3.05. The van der Waals surface area contributed by atoms with Gasteiger partial charge in [-0.1, -0.05) is 19.9 Å². The normalized spacial score (nSPS) is 18.2. The standard InChI is InChI=1S/C16H19F3N2O3/c1-10(2)13-14(22)21(15(23)20-13)7-4-8-24-12-6-3-5-11(9-12)16(17,18)19/h3,5-6,9-10,13H,4,7-8H2,1-2H3,(H,20,23). The number of amides is 3. The van der Waals surface area contributed by atoms with E-state index in [1.54, 1.807) is 0 Å². The molecule has 0 saturated carbocycles. The lowest BCUT2D eigenvalue weighted by molar-refractivity contribution is -0.137. The van der Waals surface area contributed by atoms with Crippen molar-refractivity contribution in [3.05, 3.63) is 29.8 Å². The van der Waals surface area contributed by atoms with Crippen LogP contribution in [0.25, 0.3) is 0 Å². The Balaban J connectivity index is 1.83. The van der Waals surface area contributed by atoms with Gasteiger partial charge in [0.25, 0.3) is 5.91 Å². The summed E-state index contributed by atoms with van der Waals surface area (Å²) in [5.41, 5.74) is -0.783. The number of imide groups is 1. The summed E-state index contributed by atoms with van der Waals surface area (Å²) in [6.07, 6.45) is -4.09. The molecule has 1 heterocycles. The number of halogens is 3. The highest BCUT2D eigenvalue weighted by molar-refractivity contribution is 6.04. The molecule has 2 rings (SSSR count). The van der Waals surface area contributed by atoms with E-state index in [1.165, 1.54) is 12.1 Å². The van der Waals surface area contributed by atoms with Gasteiger partial charge in [-0.05, 0) is 30.5 Å². The van der Waals surface area contributed by atoms with E-state index in [9.17, 15) is 22.8 Å². The van der Waals surface area contributed by atoms with Crippen molar-refractivity contribution in [2.75, 3.05) is 13.2 Å². The second-order valence-electron chi connectivity index (χ2n) is 5.89. The van der Waals surface area contributed by atoms with Crippen molar-refractivity contribution >= 4 is 11.9 Å². The molecule has 5 nitrogen and oxygen atoms in total. The quantitative estimate of drug-likeness (QED) is 0.637. The Hall–Kier alpha value is -2.25. The van der Waals surface area contributed by atoms with Crippen molar-refractivity contribution in [2.24, 2.45) is 5.92 Å². The summed E-state index contributed by atoms with van der Waals surface area (Å²) >= 11 is 0. The van der Waals surface area contributed by atoms with E-state index in [2.05, 4.69) is 5.32 Å². The summed E-state index contributed by atoms with van der Waals surface area (Å²) in [5.74, 6) is -0.191. The first-order chi connectivity index (χ1) is 11.2. The maximum Gasteiger partial charge on any atom is 0.416 e. The lowest BCUT2D eigenvalue weighted by atomic mass is 10.1. The van der Waals surface area contributed by atoms with Crippen molar-refractivity contribution < 1.29 is 27.5 Å². The van der Waals surface area contributed by atoms with Crippen LogP contribution >= 0.6 is 0 Å². The number of carbonyl (C=O) groups is 2. The van der Waals surface area contributed by atoms with Crippen molar-refractivity contribution in [3.8, 4) is 5.75 Å². The average molecular weight is 344 g/mol. The fourth-order valence-electron chi connectivity index (χ4n) is 2.38. The van der Waals surface area contributed by atoms with Crippen LogP contribution in [0, 0.1) is 5.92 Å². The molecule has 8 heteroatoms. The number of nitrogens with zero attached hydrogens (tertiary/aromatic N) is 1. The fraction of sp³-hybridized carbons (Fsp3) is 0.500. The number of ether oxygens (including phenoxy) is 1. The third-order valence-electron chi connectivity index (χ3n) is 3.68. The van der Waals surface area contributed by atoms with Gasteiger partial charge in [-0.15, -0.1) is 0 Å². The number of urea groups is 1. The Labute approximate surface area is 137 Å². The molecule has 0 aromatic heterocycles. The van der Waals surface area contributed by atoms with Crippen LogP contribution in [0.2, 0.25) is 0 Å². The van der Waals surface area contributed by atoms with Gasteiger partial charge in [-0.2, -0.15) is 13.2 Å². The molecule has 0 radical (unpaired) electrons. The molecule has 0 spiro atoms. The van der Waals surface area contributed by atoms with Gasteiger partial charge < -0.3 is 10.1 Å². The number of nitrogens with one attached hydrogen (secondary N) is 1. The van der Waals surface area contributed by atoms with E-state index in [4.69, 9.17) is 4.74 Å². The molecular weight excluding hydrogens is 325 g/mol. The van der Waals surface area contributed by atoms with Gasteiger partial charge in [-0.3, -0.25) is 9.69 Å². The summed E-state index contributed by atoms with van der Waals surface area (Å²) in [6, 6.07) is 3.61. The SMILES string of the molecule is CC(C)C1NC(=O)N(CCCOc2cccc(C(F)(F)F)c2)C1=O. The van der Waals surface area contributed by atoms with E-state index < -0.39 is 23.8 Å². The summed E-state index contributed by atoms with van der Waals surface area (Å²) in [7, 11) is 0. The van der Waals surface area contributed by atoms with Crippen LogP contribution in [0.4, 0.5) is 18.0 Å². The second kappa shape index (κ2) is 7.11. The van der Waals surface area contributed by atoms with Crippen molar-refractivity contribution in [1.29, 1.82) is 0 Å². The highest BCUT2D eigenvalue weighted by Gasteiger charge is 2.39. The average Bonchev–Trinajstić information content (AvgIpc) is 2.78. The molecule has 1 N–H and O–H groups in total. The third-order valence-corrected chi connectivity index (χ3v) is 3.68. The first kappa shape index (κ1) is 18.1. The molecule has 1 atom stereocenters. The number of rotatable bonds is 6. The van der Waals surface area contributed by atoms with Gasteiger partial charge in [0.1, 0.15) is 11.8 Å². The molecule has 24 heavy (non-hydrogen) atoms. The van der Waals surface area contributed by atoms with E-state index >= 15 is 0 Å². The highest BCUT2D eigenvalue weighted by atomic mass is 19.4. The molecule has 1 aromatic rings. The van der Waals surface area contributed by atoms with Crippen LogP contribution in [-0.4, -0.2) is 36.0 Å². The minimum Gasteiger partial charge on any atom is -0.494 e. The zero-order chi connectivity index (χ0) is 17.9. The fourth-order valence-corrected chi connectivity index (χ4v) is 2.38. The Kier molecular flexibility index (Phi) is 5.36. The van der Waals surface area contributed by atoms with Crippen LogP contribution in [0.1, 0.15) is 25.8 Å².